The minimum Gasteiger partial charge on any atom is -0.368 e. The molecule has 1 saturated heterocycles. The Morgan fingerprint density at radius 3 is 2.71 bits per heavy atom. The third-order valence-electron chi connectivity index (χ3n) is 8.84. The van der Waals surface area contributed by atoms with Gasteiger partial charge in [-0.15, -0.1) is 0 Å². The molecule has 2 saturated carbocycles. The molecule has 4 aliphatic carbocycles. The fourth-order valence-electron chi connectivity index (χ4n) is 7.42. The van der Waals surface area contributed by atoms with E-state index in [0.29, 0.717) is 5.41 Å². The van der Waals surface area contributed by atoms with Crippen LogP contribution in [-0.2, 0) is 4.74 Å². The molecule has 1 spiro atoms. The molecule has 1 aliphatic heterocycles. The average molecular weight is 328 g/mol. The molecule has 2 nitrogen and oxygen atoms in total. The number of aliphatic hydroxyl groups is 1. The second-order valence-electron chi connectivity index (χ2n) is 9.64. The molecule has 0 aromatic rings. The smallest absolute Gasteiger partial charge is 0.155 e. The van der Waals surface area contributed by atoms with Crippen LogP contribution in [0.1, 0.15) is 78.1 Å². The van der Waals surface area contributed by atoms with Gasteiger partial charge >= 0.3 is 0 Å². The second-order valence-corrected chi connectivity index (χ2v) is 9.64. The van der Waals surface area contributed by atoms with E-state index in [1.807, 2.05) is 0 Å². The van der Waals surface area contributed by atoms with Crippen LogP contribution in [0.15, 0.2) is 23.3 Å². The average Bonchev–Trinajstić information content (AvgIpc) is 3.08. The number of hydrogen-bond acceptors (Lipinski definition) is 2. The number of aliphatic hydroxyl groups excluding tert-OH is 1. The zero-order valence-electron chi connectivity index (χ0n) is 15.3. The monoisotopic (exact) mass is 328 g/mol. The first-order valence-corrected chi connectivity index (χ1v) is 10.2. The van der Waals surface area contributed by atoms with Crippen LogP contribution in [0, 0.1) is 22.7 Å². The molecular formula is C22H32O2. The van der Waals surface area contributed by atoms with E-state index in [1.54, 1.807) is 11.1 Å². The van der Waals surface area contributed by atoms with Gasteiger partial charge < -0.3 is 9.84 Å². The lowest BCUT2D eigenvalue weighted by atomic mass is 9.51. The molecule has 0 bridgehead atoms. The van der Waals surface area contributed by atoms with Crippen LogP contribution < -0.4 is 0 Å². The van der Waals surface area contributed by atoms with E-state index in [4.69, 9.17) is 4.74 Å². The normalized spacial score (nSPS) is 53.2. The highest BCUT2D eigenvalue weighted by Gasteiger charge is 2.64. The molecule has 0 radical (unpaired) electrons. The van der Waals surface area contributed by atoms with Gasteiger partial charge in [0.05, 0.1) is 5.60 Å². The van der Waals surface area contributed by atoms with E-state index in [-0.39, 0.29) is 11.0 Å². The number of rotatable bonds is 0. The van der Waals surface area contributed by atoms with Gasteiger partial charge in [0.15, 0.2) is 6.29 Å². The number of fused-ring (bicyclic) bond motifs is 6. The Balaban J connectivity index is 1.54. The maximum Gasteiger partial charge on any atom is 0.155 e. The molecule has 0 aromatic carbocycles. The van der Waals surface area contributed by atoms with Crippen LogP contribution in [0.25, 0.3) is 0 Å². The standard InChI is InChI=1S/C22H32O2/c1-20-11-4-3-5-15(20)6-7-16-17(20)8-12-21(2)18(16)9-13-22(21)14-10-19(23)24-22/h6,8,16,18-19,23H,3-5,7,9-14H2,1-2H3. The van der Waals surface area contributed by atoms with Crippen LogP contribution >= 0.6 is 0 Å². The predicted octanol–water partition coefficient (Wildman–Crippen LogP) is 5.13. The second kappa shape index (κ2) is 4.98. The Bertz CT molecular complexity index is 619. The van der Waals surface area contributed by atoms with Crippen LogP contribution in [0.5, 0.6) is 0 Å². The molecule has 6 unspecified atom stereocenters. The highest BCUT2D eigenvalue weighted by molar-refractivity contribution is 5.39. The highest BCUT2D eigenvalue weighted by Crippen LogP contribution is 2.67. The molecule has 6 atom stereocenters. The minimum atomic E-state index is -0.528. The molecule has 2 heteroatoms. The molecule has 1 N–H and O–H groups in total. The summed E-state index contributed by atoms with van der Waals surface area (Å²) in [6, 6.07) is 0. The summed E-state index contributed by atoms with van der Waals surface area (Å²) in [4.78, 5) is 0. The number of ether oxygens (including phenoxy) is 1. The number of allylic oxidation sites excluding steroid dienone is 4. The van der Waals surface area contributed by atoms with Crippen molar-refractivity contribution in [3.8, 4) is 0 Å². The Morgan fingerprint density at radius 1 is 1.08 bits per heavy atom. The van der Waals surface area contributed by atoms with Crippen molar-refractivity contribution in [2.24, 2.45) is 22.7 Å². The molecule has 0 aromatic heterocycles. The van der Waals surface area contributed by atoms with E-state index < -0.39 is 6.29 Å². The van der Waals surface area contributed by atoms with Crippen molar-refractivity contribution in [3.05, 3.63) is 23.3 Å². The summed E-state index contributed by atoms with van der Waals surface area (Å²) in [6.07, 6.45) is 16.9. The summed E-state index contributed by atoms with van der Waals surface area (Å²) < 4.78 is 6.20. The molecule has 3 fully saturated rings. The molecule has 24 heavy (non-hydrogen) atoms. The number of hydrogen-bond donors (Lipinski definition) is 1. The summed E-state index contributed by atoms with van der Waals surface area (Å²) >= 11 is 0. The SMILES string of the molecule is CC12CCCCC1=CCC1C2=CCC2(C)C1CCC21CCC(O)O1. The maximum atomic E-state index is 10.0. The lowest BCUT2D eigenvalue weighted by Gasteiger charge is -2.54. The molecule has 5 aliphatic rings. The third-order valence-corrected chi connectivity index (χ3v) is 8.84. The first-order valence-electron chi connectivity index (χ1n) is 10.2. The fraction of sp³-hybridized carbons (Fsp3) is 0.818. The van der Waals surface area contributed by atoms with Crippen molar-refractivity contribution in [1.82, 2.24) is 0 Å². The summed E-state index contributed by atoms with van der Waals surface area (Å²) in [5.74, 6) is 1.45. The quantitative estimate of drug-likeness (QED) is 0.625. The molecule has 5 rings (SSSR count). The van der Waals surface area contributed by atoms with Gasteiger partial charge in [-0.3, -0.25) is 0 Å². The van der Waals surface area contributed by atoms with Gasteiger partial charge in [-0.2, -0.15) is 0 Å². The van der Waals surface area contributed by atoms with Gasteiger partial charge in [-0.25, -0.2) is 0 Å². The Hall–Kier alpha value is -0.600. The zero-order chi connectivity index (χ0) is 16.6. The van der Waals surface area contributed by atoms with Gasteiger partial charge in [-0.1, -0.05) is 43.6 Å². The summed E-state index contributed by atoms with van der Waals surface area (Å²) in [6.45, 7) is 5.00. The lowest BCUT2D eigenvalue weighted by molar-refractivity contribution is -0.181. The van der Waals surface area contributed by atoms with E-state index in [0.717, 1.165) is 37.5 Å². The summed E-state index contributed by atoms with van der Waals surface area (Å²) in [5, 5.41) is 10.0. The first kappa shape index (κ1) is 15.6. The summed E-state index contributed by atoms with van der Waals surface area (Å²) in [7, 11) is 0. The molecule has 132 valence electrons. The van der Waals surface area contributed by atoms with Crippen molar-refractivity contribution in [2.45, 2.75) is 89.9 Å². The van der Waals surface area contributed by atoms with E-state index in [1.165, 1.54) is 38.5 Å². The van der Waals surface area contributed by atoms with Crippen molar-refractivity contribution in [1.29, 1.82) is 0 Å². The van der Waals surface area contributed by atoms with E-state index in [2.05, 4.69) is 26.0 Å². The van der Waals surface area contributed by atoms with E-state index in [9.17, 15) is 5.11 Å². The lowest BCUT2D eigenvalue weighted by Crippen LogP contribution is -2.50. The Kier molecular flexibility index (Phi) is 3.24. The third kappa shape index (κ3) is 1.80. The molecule has 1 heterocycles. The van der Waals surface area contributed by atoms with Gasteiger partial charge in [0.2, 0.25) is 0 Å². The van der Waals surface area contributed by atoms with Crippen LogP contribution in [-0.4, -0.2) is 17.0 Å². The largest absolute Gasteiger partial charge is 0.368 e. The fourth-order valence-corrected chi connectivity index (χ4v) is 7.42. The zero-order valence-corrected chi connectivity index (χ0v) is 15.3. The molecular weight excluding hydrogens is 296 g/mol. The van der Waals surface area contributed by atoms with Crippen molar-refractivity contribution >= 4 is 0 Å². The first-order chi connectivity index (χ1) is 11.5. The van der Waals surface area contributed by atoms with Gasteiger partial charge in [0.1, 0.15) is 0 Å². The topological polar surface area (TPSA) is 29.5 Å². The highest BCUT2D eigenvalue weighted by atomic mass is 16.6. The van der Waals surface area contributed by atoms with Crippen LogP contribution in [0.4, 0.5) is 0 Å². The van der Waals surface area contributed by atoms with E-state index >= 15 is 0 Å². The minimum absolute atomic E-state index is 0.0590. The van der Waals surface area contributed by atoms with Crippen molar-refractivity contribution in [3.63, 3.8) is 0 Å². The van der Waals surface area contributed by atoms with Crippen LogP contribution in [0.2, 0.25) is 0 Å². The van der Waals surface area contributed by atoms with Crippen LogP contribution in [0.3, 0.4) is 0 Å². The molecule has 0 amide bonds. The maximum absolute atomic E-state index is 10.0. The Labute approximate surface area is 146 Å². The van der Waals surface area contributed by atoms with Gasteiger partial charge in [0.25, 0.3) is 0 Å². The van der Waals surface area contributed by atoms with Gasteiger partial charge in [0, 0.05) is 17.3 Å². The van der Waals surface area contributed by atoms with Gasteiger partial charge in [-0.05, 0) is 63.2 Å². The van der Waals surface area contributed by atoms with Crippen molar-refractivity contribution < 1.29 is 9.84 Å². The Morgan fingerprint density at radius 2 is 1.92 bits per heavy atom. The summed E-state index contributed by atoms with van der Waals surface area (Å²) in [5.41, 5.74) is 4.03. The van der Waals surface area contributed by atoms with Crippen molar-refractivity contribution in [2.75, 3.05) is 0 Å². The predicted molar refractivity (Wildman–Crippen MR) is 95.4 cm³/mol.